The quantitative estimate of drug-likeness (QED) is 0.714. The fourth-order valence-electron chi connectivity index (χ4n) is 1.77. The third-order valence-electron chi connectivity index (χ3n) is 2.81. The Balaban J connectivity index is 1.58. The van der Waals surface area contributed by atoms with Gasteiger partial charge in [0.25, 0.3) is 5.91 Å². The Morgan fingerprint density at radius 3 is 3.26 bits per heavy atom. The minimum Gasteiger partial charge on any atom is -0.379 e. The molecule has 2 rings (SSSR count). The van der Waals surface area contributed by atoms with Gasteiger partial charge in [0.1, 0.15) is 10.7 Å². The molecule has 2 heterocycles. The summed E-state index contributed by atoms with van der Waals surface area (Å²) in [5.74, 6) is -0.153. The lowest BCUT2D eigenvalue weighted by atomic mass is 10.3. The van der Waals surface area contributed by atoms with Gasteiger partial charge in [0.05, 0.1) is 12.7 Å². The first-order valence-corrected chi connectivity index (χ1v) is 7.29. The number of amides is 1. The lowest BCUT2D eigenvalue weighted by molar-refractivity contribution is 0.0415. The van der Waals surface area contributed by atoms with Crippen LogP contribution in [0, 0.1) is 0 Å². The molecule has 0 aromatic carbocycles. The molecule has 1 aliphatic rings. The van der Waals surface area contributed by atoms with Crippen LogP contribution in [0.4, 0.5) is 0 Å². The second kappa shape index (κ2) is 7.54. The van der Waals surface area contributed by atoms with Crippen LogP contribution in [0.5, 0.6) is 0 Å². The molecule has 1 unspecified atom stereocenters. The van der Waals surface area contributed by atoms with Gasteiger partial charge >= 0.3 is 0 Å². The SMILES string of the molecule is NCc1nc(C(=O)NCCCOC2CCOC2)cs1. The molecule has 0 bridgehead atoms. The van der Waals surface area contributed by atoms with Gasteiger partial charge in [-0.25, -0.2) is 4.98 Å². The maximum atomic E-state index is 11.7. The number of nitrogens with zero attached hydrogens (tertiary/aromatic N) is 1. The molecule has 0 saturated carbocycles. The predicted octanol–water partition coefficient (Wildman–Crippen LogP) is 0.527. The molecule has 106 valence electrons. The van der Waals surface area contributed by atoms with Crippen molar-refractivity contribution in [3.05, 3.63) is 16.1 Å². The highest BCUT2D eigenvalue weighted by molar-refractivity contribution is 7.09. The second-order valence-electron chi connectivity index (χ2n) is 4.30. The van der Waals surface area contributed by atoms with E-state index < -0.39 is 0 Å². The Morgan fingerprint density at radius 1 is 1.68 bits per heavy atom. The van der Waals surface area contributed by atoms with Crippen LogP contribution in [0.1, 0.15) is 28.3 Å². The van der Waals surface area contributed by atoms with E-state index in [1.807, 2.05) is 0 Å². The van der Waals surface area contributed by atoms with Crippen LogP contribution in [-0.4, -0.2) is 43.4 Å². The summed E-state index contributed by atoms with van der Waals surface area (Å²) < 4.78 is 10.8. The first-order chi connectivity index (χ1) is 9.29. The van der Waals surface area contributed by atoms with E-state index in [0.29, 0.717) is 32.0 Å². The zero-order chi connectivity index (χ0) is 13.5. The molecule has 19 heavy (non-hydrogen) atoms. The number of hydrogen-bond donors (Lipinski definition) is 2. The Labute approximate surface area is 116 Å². The second-order valence-corrected chi connectivity index (χ2v) is 5.24. The first kappa shape index (κ1) is 14.4. The molecule has 1 aliphatic heterocycles. The molecule has 0 aliphatic carbocycles. The van der Waals surface area contributed by atoms with E-state index in [0.717, 1.165) is 24.5 Å². The summed E-state index contributed by atoms with van der Waals surface area (Å²) in [5.41, 5.74) is 5.89. The van der Waals surface area contributed by atoms with Gasteiger partial charge in [0.15, 0.2) is 0 Å². The van der Waals surface area contributed by atoms with Crippen molar-refractivity contribution in [1.29, 1.82) is 0 Å². The summed E-state index contributed by atoms with van der Waals surface area (Å²) in [6.07, 6.45) is 1.98. The minimum absolute atomic E-state index is 0.153. The summed E-state index contributed by atoms with van der Waals surface area (Å²) >= 11 is 1.40. The highest BCUT2D eigenvalue weighted by Gasteiger charge is 2.15. The zero-order valence-electron chi connectivity index (χ0n) is 10.8. The third-order valence-corrected chi connectivity index (χ3v) is 3.68. The number of rotatable bonds is 7. The third kappa shape index (κ3) is 4.54. The number of nitrogens with two attached hydrogens (primary N) is 1. The lowest BCUT2D eigenvalue weighted by Gasteiger charge is -2.09. The van der Waals surface area contributed by atoms with Gasteiger partial charge in [-0.3, -0.25) is 4.79 Å². The number of aromatic nitrogens is 1. The standard InChI is InChI=1S/C12H19N3O3S/c13-6-11-15-10(8-19-11)12(16)14-3-1-4-18-9-2-5-17-7-9/h8-9H,1-7,13H2,(H,14,16). The van der Waals surface area contributed by atoms with Gasteiger partial charge in [-0.1, -0.05) is 0 Å². The zero-order valence-corrected chi connectivity index (χ0v) is 11.6. The smallest absolute Gasteiger partial charge is 0.270 e. The van der Waals surface area contributed by atoms with E-state index in [1.165, 1.54) is 11.3 Å². The number of carbonyl (C=O) groups excluding carboxylic acids is 1. The number of carbonyl (C=O) groups is 1. The van der Waals surface area contributed by atoms with Crippen molar-refractivity contribution in [2.75, 3.05) is 26.4 Å². The van der Waals surface area contributed by atoms with Crippen LogP contribution < -0.4 is 11.1 Å². The van der Waals surface area contributed by atoms with Crippen molar-refractivity contribution < 1.29 is 14.3 Å². The van der Waals surface area contributed by atoms with Crippen molar-refractivity contribution in [1.82, 2.24) is 10.3 Å². The molecule has 1 atom stereocenters. The van der Waals surface area contributed by atoms with E-state index >= 15 is 0 Å². The summed E-state index contributed by atoms with van der Waals surface area (Å²) in [6, 6.07) is 0. The lowest BCUT2D eigenvalue weighted by Crippen LogP contribution is -2.26. The van der Waals surface area contributed by atoms with Crippen molar-refractivity contribution in [2.24, 2.45) is 5.73 Å². The molecule has 7 heteroatoms. The van der Waals surface area contributed by atoms with E-state index in [4.69, 9.17) is 15.2 Å². The van der Waals surface area contributed by atoms with E-state index in [1.54, 1.807) is 5.38 Å². The molecule has 1 saturated heterocycles. The topological polar surface area (TPSA) is 86.5 Å². The van der Waals surface area contributed by atoms with Crippen LogP contribution in [0.15, 0.2) is 5.38 Å². The molecule has 1 amide bonds. The summed E-state index contributed by atoms with van der Waals surface area (Å²) in [7, 11) is 0. The van der Waals surface area contributed by atoms with E-state index in [2.05, 4.69) is 10.3 Å². The maximum absolute atomic E-state index is 11.7. The van der Waals surface area contributed by atoms with E-state index in [9.17, 15) is 4.79 Å². The van der Waals surface area contributed by atoms with Crippen LogP contribution >= 0.6 is 11.3 Å². The molecule has 0 radical (unpaired) electrons. The van der Waals surface area contributed by atoms with Gasteiger partial charge in [0, 0.05) is 31.7 Å². The maximum Gasteiger partial charge on any atom is 0.270 e. The molecule has 1 aromatic rings. The number of thiazole rings is 1. The monoisotopic (exact) mass is 285 g/mol. The normalized spacial score (nSPS) is 18.7. The molecule has 1 fully saturated rings. The number of nitrogens with one attached hydrogen (secondary N) is 1. The van der Waals surface area contributed by atoms with Crippen molar-refractivity contribution >= 4 is 17.2 Å². The van der Waals surface area contributed by atoms with Crippen LogP contribution in [0.25, 0.3) is 0 Å². The molecular weight excluding hydrogens is 266 g/mol. The summed E-state index contributed by atoms with van der Waals surface area (Å²) in [4.78, 5) is 15.8. The Bertz CT molecular complexity index is 405. The van der Waals surface area contributed by atoms with Crippen LogP contribution in [0.2, 0.25) is 0 Å². The number of ether oxygens (including phenoxy) is 2. The Morgan fingerprint density at radius 2 is 2.58 bits per heavy atom. The van der Waals surface area contributed by atoms with Crippen molar-refractivity contribution in [3.8, 4) is 0 Å². The molecule has 3 N–H and O–H groups in total. The van der Waals surface area contributed by atoms with Gasteiger partial charge in [-0.05, 0) is 12.8 Å². The van der Waals surface area contributed by atoms with Gasteiger partial charge in [-0.2, -0.15) is 0 Å². The predicted molar refractivity (Wildman–Crippen MR) is 72.1 cm³/mol. The Kier molecular flexibility index (Phi) is 5.71. The average Bonchev–Trinajstić information content (AvgIpc) is 3.09. The molecule has 6 nitrogen and oxygen atoms in total. The van der Waals surface area contributed by atoms with Gasteiger partial charge in [-0.15, -0.1) is 11.3 Å². The highest BCUT2D eigenvalue weighted by atomic mass is 32.1. The molecule has 1 aromatic heterocycles. The number of hydrogen-bond acceptors (Lipinski definition) is 6. The fraction of sp³-hybridized carbons (Fsp3) is 0.667. The van der Waals surface area contributed by atoms with Gasteiger partial charge in [0.2, 0.25) is 0 Å². The van der Waals surface area contributed by atoms with E-state index in [-0.39, 0.29) is 12.0 Å². The summed E-state index contributed by atoms with van der Waals surface area (Å²) in [5, 5.41) is 5.31. The van der Waals surface area contributed by atoms with Crippen LogP contribution in [-0.2, 0) is 16.0 Å². The van der Waals surface area contributed by atoms with Gasteiger partial charge < -0.3 is 20.5 Å². The first-order valence-electron chi connectivity index (χ1n) is 6.41. The Hall–Kier alpha value is -1.02. The summed E-state index contributed by atoms with van der Waals surface area (Å²) in [6.45, 7) is 3.07. The van der Waals surface area contributed by atoms with Crippen molar-refractivity contribution in [2.45, 2.75) is 25.5 Å². The largest absolute Gasteiger partial charge is 0.379 e. The minimum atomic E-state index is -0.153. The molecular formula is C12H19N3O3S. The average molecular weight is 285 g/mol. The van der Waals surface area contributed by atoms with Crippen LogP contribution in [0.3, 0.4) is 0 Å². The highest BCUT2D eigenvalue weighted by Crippen LogP contribution is 2.09. The molecule has 0 spiro atoms. The fourth-order valence-corrected chi connectivity index (χ4v) is 2.42. The van der Waals surface area contributed by atoms with Crippen molar-refractivity contribution in [3.63, 3.8) is 0 Å².